The van der Waals surface area contributed by atoms with E-state index in [4.69, 9.17) is 5.11 Å². The van der Waals surface area contributed by atoms with Gasteiger partial charge < -0.3 is 15.3 Å². The summed E-state index contributed by atoms with van der Waals surface area (Å²) in [7, 11) is 1.62. The Bertz CT molecular complexity index is 447. The van der Waals surface area contributed by atoms with E-state index in [2.05, 4.69) is 5.32 Å². The van der Waals surface area contributed by atoms with Crippen LogP contribution < -0.4 is 10.2 Å². The first-order valence-corrected chi connectivity index (χ1v) is 7.03. The molecule has 0 saturated heterocycles. The zero-order valence-corrected chi connectivity index (χ0v) is 12.7. The lowest BCUT2D eigenvalue weighted by atomic mass is 10.0. The fourth-order valence-corrected chi connectivity index (χ4v) is 2.28. The van der Waals surface area contributed by atoms with E-state index < -0.39 is 11.7 Å². The molecule has 0 unspecified atom stereocenters. The number of alkyl halides is 3. The number of halogens is 3. The summed E-state index contributed by atoms with van der Waals surface area (Å²) in [6, 6.07) is 4.49. The zero-order chi connectivity index (χ0) is 16.0. The van der Waals surface area contributed by atoms with Crippen molar-refractivity contribution in [3.05, 3.63) is 29.3 Å². The second-order valence-corrected chi connectivity index (χ2v) is 5.23. The first kappa shape index (κ1) is 17.8. The predicted octanol–water partition coefficient (Wildman–Crippen LogP) is 3.02. The Kier molecular flexibility index (Phi) is 6.48. The minimum atomic E-state index is -4.37. The summed E-state index contributed by atoms with van der Waals surface area (Å²) in [5.41, 5.74) is 0.161. The van der Waals surface area contributed by atoms with Crippen LogP contribution in [0.15, 0.2) is 18.2 Å². The number of rotatable bonds is 7. The van der Waals surface area contributed by atoms with Gasteiger partial charge in [0.05, 0.1) is 5.56 Å². The molecule has 6 heteroatoms. The van der Waals surface area contributed by atoms with Crippen LogP contribution in [0.5, 0.6) is 0 Å². The molecule has 0 amide bonds. The molecule has 0 bridgehead atoms. The quantitative estimate of drug-likeness (QED) is 0.813. The molecule has 0 aliphatic carbocycles. The average Bonchev–Trinajstić information content (AvgIpc) is 2.39. The molecule has 0 radical (unpaired) electrons. The van der Waals surface area contributed by atoms with E-state index in [9.17, 15) is 13.2 Å². The minimum Gasteiger partial charge on any atom is -0.396 e. The third kappa shape index (κ3) is 4.89. The molecule has 0 atom stereocenters. The van der Waals surface area contributed by atoms with E-state index in [1.165, 1.54) is 12.1 Å². The number of hydrogen-bond acceptors (Lipinski definition) is 3. The molecule has 1 aromatic rings. The largest absolute Gasteiger partial charge is 0.416 e. The molecule has 0 aliphatic heterocycles. The third-order valence-corrected chi connectivity index (χ3v) is 3.28. The van der Waals surface area contributed by atoms with Gasteiger partial charge in [0.25, 0.3) is 0 Å². The van der Waals surface area contributed by atoms with E-state index in [0.29, 0.717) is 18.7 Å². The Hall–Kier alpha value is -1.27. The lowest BCUT2D eigenvalue weighted by molar-refractivity contribution is -0.138. The summed E-state index contributed by atoms with van der Waals surface area (Å²) >= 11 is 0. The summed E-state index contributed by atoms with van der Waals surface area (Å²) in [5.74, 6) is 0. The van der Waals surface area contributed by atoms with Gasteiger partial charge in [-0.2, -0.15) is 13.2 Å². The van der Waals surface area contributed by atoms with Crippen LogP contribution in [0.3, 0.4) is 0 Å². The molecular formula is C15H23F3N2O. The lowest BCUT2D eigenvalue weighted by Crippen LogP contribution is -2.32. The number of hydrogen-bond donors (Lipinski definition) is 2. The molecule has 0 heterocycles. The van der Waals surface area contributed by atoms with Gasteiger partial charge in [0.1, 0.15) is 0 Å². The van der Waals surface area contributed by atoms with Crippen molar-refractivity contribution >= 4 is 5.69 Å². The smallest absolute Gasteiger partial charge is 0.396 e. The first-order chi connectivity index (χ1) is 9.81. The van der Waals surface area contributed by atoms with Crippen molar-refractivity contribution in [3.8, 4) is 0 Å². The Morgan fingerprint density at radius 1 is 1.29 bits per heavy atom. The van der Waals surface area contributed by atoms with E-state index in [1.54, 1.807) is 13.1 Å². The molecule has 0 saturated carbocycles. The number of aliphatic hydroxyl groups is 1. The second kappa shape index (κ2) is 7.66. The number of aliphatic hydroxyl groups excluding tert-OH is 1. The Morgan fingerprint density at radius 2 is 1.95 bits per heavy atom. The van der Waals surface area contributed by atoms with Gasteiger partial charge in [-0.25, -0.2) is 0 Å². The van der Waals surface area contributed by atoms with Crippen LogP contribution in [0.2, 0.25) is 0 Å². The van der Waals surface area contributed by atoms with Crippen LogP contribution in [0.4, 0.5) is 18.9 Å². The average molecular weight is 304 g/mol. The summed E-state index contributed by atoms with van der Waals surface area (Å²) in [6.07, 6.45) is -3.85. The highest BCUT2D eigenvalue weighted by Gasteiger charge is 2.33. The highest BCUT2D eigenvalue weighted by Crippen LogP contribution is 2.35. The Labute approximate surface area is 123 Å². The fraction of sp³-hybridized carbons (Fsp3) is 0.600. The normalized spacial score (nSPS) is 12.0. The molecule has 120 valence electrons. The van der Waals surface area contributed by atoms with Crippen molar-refractivity contribution < 1.29 is 18.3 Å². The van der Waals surface area contributed by atoms with E-state index >= 15 is 0 Å². The summed E-state index contributed by atoms with van der Waals surface area (Å²) < 4.78 is 39.5. The highest BCUT2D eigenvalue weighted by molar-refractivity contribution is 5.52. The van der Waals surface area contributed by atoms with E-state index in [1.807, 2.05) is 18.7 Å². The van der Waals surface area contributed by atoms with Gasteiger partial charge >= 0.3 is 6.18 Å². The highest BCUT2D eigenvalue weighted by atomic mass is 19.4. The van der Waals surface area contributed by atoms with Gasteiger partial charge in [-0.3, -0.25) is 0 Å². The maximum atomic E-state index is 13.2. The van der Waals surface area contributed by atoms with Gasteiger partial charge in [-0.05, 0) is 45.0 Å². The predicted molar refractivity (Wildman–Crippen MR) is 78.4 cm³/mol. The van der Waals surface area contributed by atoms with Gasteiger partial charge in [0, 0.05) is 31.4 Å². The molecule has 1 rings (SSSR count). The second-order valence-electron chi connectivity index (χ2n) is 5.23. The Morgan fingerprint density at radius 3 is 2.43 bits per heavy atom. The van der Waals surface area contributed by atoms with Crippen molar-refractivity contribution in [2.75, 3.05) is 25.1 Å². The lowest BCUT2D eigenvalue weighted by Gasteiger charge is -2.30. The summed E-state index contributed by atoms with van der Waals surface area (Å²) in [6.45, 7) is 4.57. The van der Waals surface area contributed by atoms with Gasteiger partial charge in [-0.15, -0.1) is 0 Å². The molecule has 21 heavy (non-hydrogen) atoms. The first-order valence-electron chi connectivity index (χ1n) is 7.03. The molecule has 3 nitrogen and oxygen atoms in total. The van der Waals surface area contributed by atoms with E-state index in [-0.39, 0.29) is 24.8 Å². The minimum absolute atomic E-state index is 0.0210. The van der Waals surface area contributed by atoms with Crippen molar-refractivity contribution in [1.82, 2.24) is 5.32 Å². The van der Waals surface area contributed by atoms with Crippen LogP contribution >= 0.6 is 0 Å². The van der Waals surface area contributed by atoms with Crippen LogP contribution in [0, 0.1) is 0 Å². The number of nitrogens with zero attached hydrogens (tertiary/aromatic N) is 1. The van der Waals surface area contributed by atoms with Gasteiger partial charge in [-0.1, -0.05) is 6.07 Å². The topological polar surface area (TPSA) is 35.5 Å². The van der Waals surface area contributed by atoms with Crippen LogP contribution in [-0.2, 0) is 12.7 Å². The fourth-order valence-electron chi connectivity index (χ4n) is 2.28. The van der Waals surface area contributed by atoms with Gasteiger partial charge in [0.2, 0.25) is 0 Å². The van der Waals surface area contributed by atoms with Crippen molar-refractivity contribution in [2.24, 2.45) is 0 Å². The molecule has 0 spiro atoms. The molecule has 0 fully saturated rings. The van der Waals surface area contributed by atoms with Crippen molar-refractivity contribution in [1.29, 1.82) is 0 Å². The molecular weight excluding hydrogens is 281 g/mol. The van der Waals surface area contributed by atoms with Crippen LogP contribution in [0.1, 0.15) is 31.4 Å². The van der Waals surface area contributed by atoms with Crippen LogP contribution in [-0.4, -0.2) is 31.3 Å². The SMILES string of the molecule is CNCc1ccc(N(CCCO)C(C)C)cc1C(F)(F)F. The standard InChI is InChI=1S/C15H23F3N2O/c1-11(2)20(7-4-8-21)13-6-5-12(10-19-3)14(9-13)15(16,17)18/h5-6,9,11,19,21H,4,7-8,10H2,1-3H3. The maximum Gasteiger partial charge on any atom is 0.416 e. The number of benzene rings is 1. The monoisotopic (exact) mass is 304 g/mol. The summed E-state index contributed by atoms with van der Waals surface area (Å²) in [4.78, 5) is 1.87. The summed E-state index contributed by atoms with van der Waals surface area (Å²) in [5, 5.41) is 11.7. The maximum absolute atomic E-state index is 13.2. The van der Waals surface area contributed by atoms with E-state index in [0.717, 1.165) is 0 Å². The van der Waals surface area contributed by atoms with Crippen molar-refractivity contribution in [3.63, 3.8) is 0 Å². The van der Waals surface area contributed by atoms with Crippen molar-refractivity contribution in [2.45, 2.75) is 39.0 Å². The molecule has 0 aliphatic rings. The molecule has 0 aromatic heterocycles. The van der Waals surface area contributed by atoms with Crippen LogP contribution in [0.25, 0.3) is 0 Å². The third-order valence-electron chi connectivity index (χ3n) is 3.28. The molecule has 2 N–H and O–H groups in total. The number of anilines is 1. The Balaban J connectivity index is 3.18. The molecule has 1 aromatic carbocycles. The zero-order valence-electron chi connectivity index (χ0n) is 12.7. The number of nitrogens with one attached hydrogen (secondary N) is 1. The van der Waals surface area contributed by atoms with Gasteiger partial charge in [0.15, 0.2) is 0 Å².